The highest BCUT2D eigenvalue weighted by Crippen LogP contribution is 2.33. The van der Waals surface area contributed by atoms with Crippen LogP contribution in [0.15, 0.2) is 66.7 Å². The number of carboxylic acid groups (broad SMARTS) is 1. The summed E-state index contributed by atoms with van der Waals surface area (Å²) in [7, 11) is 0. The van der Waals surface area contributed by atoms with Crippen LogP contribution in [-0.4, -0.2) is 71.5 Å². The Bertz CT molecular complexity index is 1770. The number of carbonyl (C=O) groups is 5. The van der Waals surface area contributed by atoms with Gasteiger partial charge >= 0.3 is 12.1 Å². The van der Waals surface area contributed by atoms with E-state index < -0.39 is 12.1 Å². The highest BCUT2D eigenvalue weighted by atomic mass is 19.4. The first-order valence-electron chi connectivity index (χ1n) is 17.0. The van der Waals surface area contributed by atoms with Crippen molar-refractivity contribution in [2.45, 2.75) is 57.3 Å². The summed E-state index contributed by atoms with van der Waals surface area (Å²) in [6.45, 7) is 1.75. The molecule has 0 saturated heterocycles. The zero-order valence-electron chi connectivity index (χ0n) is 28.2. The summed E-state index contributed by atoms with van der Waals surface area (Å²) < 4.78 is 37.2. The second-order valence-electron chi connectivity index (χ2n) is 13.1. The van der Waals surface area contributed by atoms with Crippen LogP contribution in [0.2, 0.25) is 0 Å². The number of halogens is 3. The molecule has 3 aliphatic rings. The summed E-state index contributed by atoms with van der Waals surface area (Å²) in [6, 6.07) is 19.3. The van der Waals surface area contributed by atoms with Gasteiger partial charge in [0.05, 0.1) is 5.69 Å². The fourth-order valence-corrected chi connectivity index (χ4v) is 6.00. The highest BCUT2D eigenvalue weighted by Gasteiger charge is 2.38. The number of fused-ring (bicyclic) bond motifs is 1. The van der Waals surface area contributed by atoms with Gasteiger partial charge in [-0.25, -0.2) is 4.79 Å². The fourth-order valence-electron chi connectivity index (χ4n) is 6.00. The van der Waals surface area contributed by atoms with Crippen LogP contribution in [0.4, 0.5) is 24.5 Å². The predicted octanol–water partition coefficient (Wildman–Crippen LogP) is 5.20. The van der Waals surface area contributed by atoms with E-state index in [0.717, 1.165) is 50.6 Å². The first kappa shape index (κ1) is 37.8. The molecule has 2 aliphatic carbocycles. The summed E-state index contributed by atoms with van der Waals surface area (Å²) in [4.78, 5) is 61.3. The molecule has 0 aromatic heterocycles. The van der Waals surface area contributed by atoms with Gasteiger partial charge in [-0.15, -0.1) is 0 Å². The number of rotatable bonds is 10. The molecule has 1 aliphatic heterocycles. The van der Waals surface area contributed by atoms with Gasteiger partial charge in [0.1, 0.15) is 5.75 Å². The third kappa shape index (κ3) is 10.3. The Morgan fingerprint density at radius 3 is 2.02 bits per heavy atom. The number of carbonyl (C=O) groups excluding carboxylic acids is 4. The number of carboxylic acids is 1. The Morgan fingerprint density at radius 2 is 1.42 bits per heavy atom. The van der Waals surface area contributed by atoms with E-state index in [1.165, 1.54) is 0 Å². The van der Waals surface area contributed by atoms with Crippen LogP contribution in [0, 0.1) is 11.8 Å². The van der Waals surface area contributed by atoms with E-state index in [4.69, 9.17) is 20.4 Å². The highest BCUT2D eigenvalue weighted by molar-refractivity contribution is 6.04. The van der Waals surface area contributed by atoms with Gasteiger partial charge in [0.2, 0.25) is 0 Å². The molecular weight excluding hydrogens is 683 g/mol. The van der Waals surface area contributed by atoms with Gasteiger partial charge in [-0.2, -0.15) is 13.2 Å². The van der Waals surface area contributed by atoms with Crippen LogP contribution in [0.25, 0.3) is 0 Å². The van der Waals surface area contributed by atoms with Crippen molar-refractivity contribution in [3.8, 4) is 5.75 Å². The Balaban J connectivity index is 0.000000679. The number of ether oxygens (including phenoxy) is 1. The standard InChI is InChI=1S/C35H39N5O5.C2HF3O2/c36-18-22-1-3-23(4-2-22)19-37-33(42)25-9-12-28(13-10-25)38-34(43)26-7-5-24(6-8-26)20-40(29-14-15-29)35(44)27-11-16-30-31(17-27)45-21-32(41)39-30;3-2(4,5)1(6)7/h5-13,16-17,22-23,29H,1-4,14-15,18-21,36H2,(H,37,42)(H,38,43)(H,39,41);(H,6,7). The first-order valence-corrected chi connectivity index (χ1v) is 17.0. The molecule has 0 atom stereocenters. The number of nitrogens with two attached hydrogens (primary N) is 1. The van der Waals surface area contributed by atoms with E-state index in [2.05, 4.69) is 16.0 Å². The minimum atomic E-state index is -5.08. The molecule has 52 heavy (non-hydrogen) atoms. The number of amides is 4. The Labute approximate surface area is 297 Å². The summed E-state index contributed by atoms with van der Waals surface area (Å²) >= 11 is 0. The molecule has 2 saturated carbocycles. The lowest BCUT2D eigenvalue weighted by atomic mass is 9.82. The van der Waals surface area contributed by atoms with E-state index in [0.29, 0.717) is 58.7 Å². The van der Waals surface area contributed by atoms with Crippen molar-refractivity contribution < 1.29 is 47.0 Å². The Hall–Kier alpha value is -5.44. The number of nitrogens with zero attached hydrogens (tertiary/aromatic N) is 1. The van der Waals surface area contributed by atoms with Crippen molar-refractivity contribution in [1.29, 1.82) is 0 Å². The quantitative estimate of drug-likeness (QED) is 0.189. The van der Waals surface area contributed by atoms with Gasteiger partial charge in [0.15, 0.2) is 6.61 Å². The number of hydrogen-bond donors (Lipinski definition) is 5. The topological polar surface area (TPSA) is 180 Å². The van der Waals surface area contributed by atoms with E-state index in [9.17, 15) is 32.3 Å². The van der Waals surface area contributed by atoms with Crippen molar-refractivity contribution in [3.05, 3.63) is 89.0 Å². The molecule has 0 bridgehead atoms. The largest absolute Gasteiger partial charge is 0.490 e. The molecular formula is C37H40F3N5O7. The van der Waals surface area contributed by atoms with E-state index in [-0.39, 0.29) is 36.3 Å². The number of anilines is 2. The van der Waals surface area contributed by atoms with E-state index in [1.54, 1.807) is 54.6 Å². The minimum absolute atomic E-state index is 0.0729. The molecule has 0 unspecified atom stereocenters. The zero-order chi connectivity index (χ0) is 37.4. The molecule has 2 fully saturated rings. The maximum Gasteiger partial charge on any atom is 0.490 e. The fraction of sp³-hybridized carbons (Fsp3) is 0.378. The summed E-state index contributed by atoms with van der Waals surface area (Å²) in [6.07, 6.45) is 1.25. The normalized spacial score (nSPS) is 18.0. The van der Waals surface area contributed by atoms with Gasteiger partial charge in [0.25, 0.3) is 23.6 Å². The maximum absolute atomic E-state index is 13.4. The van der Waals surface area contributed by atoms with Gasteiger partial charge < -0.3 is 36.4 Å². The molecule has 12 nitrogen and oxygen atoms in total. The van der Waals surface area contributed by atoms with Crippen molar-refractivity contribution in [2.24, 2.45) is 17.6 Å². The van der Waals surface area contributed by atoms with Crippen molar-refractivity contribution in [2.75, 3.05) is 30.3 Å². The third-order valence-corrected chi connectivity index (χ3v) is 9.18. The van der Waals surface area contributed by atoms with Crippen LogP contribution < -0.4 is 26.4 Å². The average Bonchev–Trinajstić information content (AvgIpc) is 3.98. The molecule has 15 heteroatoms. The van der Waals surface area contributed by atoms with Crippen LogP contribution in [-0.2, 0) is 16.1 Å². The molecule has 276 valence electrons. The molecule has 6 rings (SSSR count). The maximum atomic E-state index is 13.4. The predicted molar refractivity (Wildman–Crippen MR) is 185 cm³/mol. The van der Waals surface area contributed by atoms with Gasteiger partial charge in [-0.1, -0.05) is 12.1 Å². The van der Waals surface area contributed by atoms with Gasteiger partial charge in [0, 0.05) is 41.5 Å². The molecule has 4 amide bonds. The summed E-state index contributed by atoms with van der Waals surface area (Å²) in [5.74, 6) is -1.86. The summed E-state index contributed by atoms with van der Waals surface area (Å²) in [5, 5.41) is 15.8. The van der Waals surface area contributed by atoms with Gasteiger partial charge in [-0.05, 0) is 117 Å². The van der Waals surface area contributed by atoms with Gasteiger partial charge in [-0.3, -0.25) is 19.2 Å². The van der Waals surface area contributed by atoms with Crippen molar-refractivity contribution in [3.63, 3.8) is 0 Å². The number of benzene rings is 3. The average molecular weight is 724 g/mol. The van der Waals surface area contributed by atoms with Crippen LogP contribution >= 0.6 is 0 Å². The molecule has 6 N–H and O–H groups in total. The molecule has 3 aromatic carbocycles. The monoisotopic (exact) mass is 723 g/mol. The first-order chi connectivity index (χ1) is 24.8. The smallest absolute Gasteiger partial charge is 0.482 e. The molecule has 0 spiro atoms. The zero-order valence-corrected chi connectivity index (χ0v) is 28.2. The van der Waals surface area contributed by atoms with Crippen molar-refractivity contribution >= 4 is 41.0 Å². The Morgan fingerprint density at radius 1 is 0.846 bits per heavy atom. The van der Waals surface area contributed by atoms with Crippen LogP contribution in [0.1, 0.15) is 75.2 Å². The Kier molecular flexibility index (Phi) is 12.2. The molecule has 1 heterocycles. The summed E-state index contributed by atoms with van der Waals surface area (Å²) in [5.41, 5.74) is 9.39. The second kappa shape index (κ2) is 16.7. The number of nitrogens with one attached hydrogen (secondary N) is 3. The number of hydrogen-bond acceptors (Lipinski definition) is 7. The lowest BCUT2D eigenvalue weighted by molar-refractivity contribution is -0.192. The van der Waals surface area contributed by atoms with Crippen LogP contribution in [0.3, 0.4) is 0 Å². The second-order valence-corrected chi connectivity index (χ2v) is 13.1. The lowest BCUT2D eigenvalue weighted by Crippen LogP contribution is -2.33. The molecule has 0 radical (unpaired) electrons. The van der Waals surface area contributed by atoms with E-state index in [1.807, 2.05) is 17.0 Å². The SMILES string of the molecule is NCC1CCC(CNC(=O)c2ccc(NC(=O)c3ccc(CN(C(=O)c4ccc5c(c4)OCC(=O)N5)C4CC4)cc3)cc2)CC1.O=C(O)C(F)(F)F. The molecule has 3 aromatic rings. The lowest BCUT2D eigenvalue weighted by Gasteiger charge is -2.27. The van der Waals surface area contributed by atoms with Crippen LogP contribution in [0.5, 0.6) is 5.75 Å². The van der Waals surface area contributed by atoms with E-state index >= 15 is 0 Å². The minimum Gasteiger partial charge on any atom is -0.482 e. The number of alkyl halides is 3. The number of aliphatic carboxylic acids is 1. The van der Waals surface area contributed by atoms with Crippen molar-refractivity contribution in [1.82, 2.24) is 10.2 Å². The third-order valence-electron chi connectivity index (χ3n) is 9.18.